The van der Waals surface area contributed by atoms with E-state index in [-0.39, 0.29) is 44.9 Å². The molecule has 4 aromatic rings. The van der Waals surface area contributed by atoms with Crippen LogP contribution in [-0.4, -0.2) is 45.7 Å². The molecule has 3 N–H and O–H groups in total. The molecule has 0 unspecified atom stereocenters. The van der Waals surface area contributed by atoms with Crippen LogP contribution in [-0.2, 0) is 0 Å². The first-order valence-corrected chi connectivity index (χ1v) is 13.6. The van der Waals surface area contributed by atoms with Gasteiger partial charge in [0.2, 0.25) is 0 Å². The SMILES string of the molecule is CC(C)c1ncnc(C(C)C)c1-n1c(=O)c(C#N)c(N2CCNCC2)c2c(-c3c(N)cccc3F)c(Cl)cnc21. The fourth-order valence-electron chi connectivity index (χ4n) is 5.35. The van der Waals surface area contributed by atoms with Crippen LogP contribution in [0.25, 0.3) is 27.8 Å². The molecule has 0 bridgehead atoms. The van der Waals surface area contributed by atoms with Crippen molar-refractivity contribution in [3.05, 3.63) is 68.9 Å². The van der Waals surface area contributed by atoms with Gasteiger partial charge in [0, 0.05) is 49.2 Å². The van der Waals surface area contributed by atoms with E-state index in [4.69, 9.17) is 17.3 Å². The number of nitrogen functional groups attached to an aromatic ring is 1. The van der Waals surface area contributed by atoms with Crippen molar-refractivity contribution < 1.29 is 4.39 Å². The number of hydrogen-bond acceptors (Lipinski definition) is 8. The minimum Gasteiger partial charge on any atom is -0.398 e. The molecular formula is C29H30ClFN8O. The second-order valence-electron chi connectivity index (χ2n) is 10.4. The highest BCUT2D eigenvalue weighted by atomic mass is 35.5. The number of nitriles is 1. The van der Waals surface area contributed by atoms with E-state index in [1.54, 1.807) is 6.07 Å². The lowest BCUT2D eigenvalue weighted by molar-refractivity contribution is 0.589. The van der Waals surface area contributed by atoms with Crippen LogP contribution in [0.2, 0.25) is 5.02 Å². The third-order valence-corrected chi connectivity index (χ3v) is 7.44. The number of nitrogens with one attached hydrogen (secondary N) is 1. The molecule has 1 aliphatic heterocycles. The van der Waals surface area contributed by atoms with Crippen molar-refractivity contribution in [3.8, 4) is 22.9 Å². The predicted molar refractivity (Wildman–Crippen MR) is 156 cm³/mol. The van der Waals surface area contributed by atoms with E-state index in [0.29, 0.717) is 54.3 Å². The monoisotopic (exact) mass is 560 g/mol. The maximum atomic E-state index is 15.5. The van der Waals surface area contributed by atoms with Crippen LogP contribution >= 0.6 is 11.6 Å². The number of benzene rings is 1. The number of nitrogens with zero attached hydrogens (tertiary/aromatic N) is 6. The zero-order valence-electron chi connectivity index (χ0n) is 22.8. The summed E-state index contributed by atoms with van der Waals surface area (Å²) < 4.78 is 16.9. The largest absolute Gasteiger partial charge is 0.398 e. The highest BCUT2D eigenvalue weighted by molar-refractivity contribution is 6.35. The number of rotatable bonds is 5. The molecule has 1 aromatic carbocycles. The van der Waals surface area contributed by atoms with E-state index in [1.165, 1.54) is 29.2 Å². The van der Waals surface area contributed by atoms with Crippen LogP contribution < -0.4 is 21.5 Å². The molecular weight excluding hydrogens is 531 g/mol. The fourth-order valence-corrected chi connectivity index (χ4v) is 5.59. The Hall–Kier alpha value is -4.07. The quantitative estimate of drug-likeness (QED) is 0.335. The molecule has 1 aliphatic rings. The van der Waals surface area contributed by atoms with Gasteiger partial charge in [-0.25, -0.2) is 19.3 Å². The molecule has 5 rings (SSSR count). The zero-order valence-corrected chi connectivity index (χ0v) is 23.6. The van der Waals surface area contributed by atoms with Gasteiger partial charge in [0.25, 0.3) is 5.56 Å². The summed E-state index contributed by atoms with van der Waals surface area (Å²) in [6, 6.07) is 6.57. The summed E-state index contributed by atoms with van der Waals surface area (Å²) >= 11 is 6.78. The van der Waals surface area contributed by atoms with E-state index in [9.17, 15) is 10.1 Å². The molecule has 0 radical (unpaired) electrons. The maximum Gasteiger partial charge on any atom is 0.276 e. The van der Waals surface area contributed by atoms with Gasteiger partial charge in [-0.05, 0) is 24.0 Å². The normalized spacial score (nSPS) is 13.8. The molecule has 1 fully saturated rings. The van der Waals surface area contributed by atoms with Crippen LogP contribution in [0.4, 0.5) is 15.8 Å². The first kappa shape index (κ1) is 27.5. The Labute approximate surface area is 236 Å². The number of anilines is 2. The lowest BCUT2D eigenvalue weighted by Gasteiger charge is -2.32. The van der Waals surface area contributed by atoms with Crippen LogP contribution in [0.15, 0.2) is 35.5 Å². The Morgan fingerprint density at radius 3 is 2.27 bits per heavy atom. The fraction of sp³-hybridized carbons (Fsp3) is 0.345. The van der Waals surface area contributed by atoms with Crippen LogP contribution in [0.1, 0.15) is 56.5 Å². The minimum absolute atomic E-state index is 0.0789. The predicted octanol–water partition coefficient (Wildman–Crippen LogP) is 4.75. The first-order chi connectivity index (χ1) is 19.2. The van der Waals surface area contributed by atoms with Gasteiger partial charge in [-0.3, -0.25) is 9.36 Å². The van der Waals surface area contributed by atoms with Gasteiger partial charge in [0.15, 0.2) is 0 Å². The summed E-state index contributed by atoms with van der Waals surface area (Å²) in [5.74, 6) is -0.736. The molecule has 4 heterocycles. The first-order valence-electron chi connectivity index (χ1n) is 13.2. The smallest absolute Gasteiger partial charge is 0.276 e. The lowest BCUT2D eigenvalue weighted by Crippen LogP contribution is -2.45. The van der Waals surface area contributed by atoms with Gasteiger partial charge in [-0.2, -0.15) is 5.26 Å². The van der Waals surface area contributed by atoms with Crippen molar-refractivity contribution in [2.24, 2.45) is 0 Å². The van der Waals surface area contributed by atoms with E-state index in [2.05, 4.69) is 26.3 Å². The van der Waals surface area contributed by atoms with Gasteiger partial charge in [-0.1, -0.05) is 45.4 Å². The number of aromatic nitrogens is 4. The average Bonchev–Trinajstić information content (AvgIpc) is 2.93. The Kier molecular flexibility index (Phi) is 7.45. The molecule has 9 nitrogen and oxygen atoms in total. The van der Waals surface area contributed by atoms with Gasteiger partial charge in [-0.15, -0.1) is 0 Å². The van der Waals surface area contributed by atoms with E-state index < -0.39 is 11.4 Å². The van der Waals surface area contributed by atoms with Crippen molar-refractivity contribution in [3.63, 3.8) is 0 Å². The summed E-state index contributed by atoms with van der Waals surface area (Å²) in [5, 5.41) is 14.3. The van der Waals surface area contributed by atoms with E-state index in [0.717, 1.165) is 0 Å². The molecule has 3 aromatic heterocycles. The number of halogens is 2. The Morgan fingerprint density at radius 2 is 1.70 bits per heavy atom. The lowest BCUT2D eigenvalue weighted by atomic mass is 9.96. The van der Waals surface area contributed by atoms with Gasteiger partial charge in [0.05, 0.1) is 33.2 Å². The third kappa shape index (κ3) is 4.45. The van der Waals surface area contributed by atoms with Gasteiger partial charge < -0.3 is 16.0 Å². The van der Waals surface area contributed by atoms with Crippen molar-refractivity contribution in [1.29, 1.82) is 5.26 Å². The van der Waals surface area contributed by atoms with Crippen LogP contribution in [0.3, 0.4) is 0 Å². The maximum absolute atomic E-state index is 15.5. The number of piperazine rings is 1. The minimum atomic E-state index is -0.578. The average molecular weight is 561 g/mol. The summed E-state index contributed by atoms with van der Waals surface area (Å²) in [5.41, 5.74) is 8.52. The second kappa shape index (κ2) is 10.8. The van der Waals surface area contributed by atoms with Gasteiger partial charge in [0.1, 0.15) is 29.4 Å². The summed E-state index contributed by atoms with van der Waals surface area (Å²) in [6.07, 6.45) is 2.87. The van der Waals surface area contributed by atoms with E-state index >= 15 is 4.39 Å². The molecule has 0 saturated carbocycles. The van der Waals surface area contributed by atoms with Crippen LogP contribution in [0.5, 0.6) is 0 Å². The summed E-state index contributed by atoms with van der Waals surface area (Å²) in [6.45, 7) is 10.2. The standard InChI is InChI=1S/C29H30ClFN8O/c1-15(2)24-27(25(16(3)4)37-14-36-24)39-28-23(26(17(12-32)29(39)40)38-10-8-34-9-11-38)21(18(30)13-35-28)22-19(31)6-5-7-20(22)33/h5-7,13-16,34H,8-11,33H2,1-4H3. The van der Waals surface area contributed by atoms with Crippen molar-refractivity contribution >= 4 is 34.0 Å². The molecule has 40 heavy (non-hydrogen) atoms. The van der Waals surface area contributed by atoms with Crippen LogP contribution in [0, 0.1) is 17.1 Å². The number of nitrogens with two attached hydrogens (primary N) is 1. The molecule has 11 heteroatoms. The summed E-state index contributed by atoms with van der Waals surface area (Å²) in [4.78, 5) is 30.0. The Morgan fingerprint density at radius 1 is 1.05 bits per heavy atom. The Bertz CT molecular complexity index is 1670. The molecule has 206 valence electrons. The number of fused-ring (bicyclic) bond motifs is 1. The molecule has 0 aliphatic carbocycles. The van der Waals surface area contributed by atoms with Crippen molar-refractivity contribution in [1.82, 2.24) is 24.8 Å². The second-order valence-corrected chi connectivity index (χ2v) is 10.8. The topological polar surface area (TPSA) is 126 Å². The number of hydrogen-bond donors (Lipinski definition) is 2. The highest BCUT2D eigenvalue weighted by Gasteiger charge is 2.31. The van der Waals surface area contributed by atoms with Crippen molar-refractivity contribution in [2.45, 2.75) is 39.5 Å². The molecule has 1 saturated heterocycles. The molecule has 0 atom stereocenters. The molecule has 0 spiro atoms. The summed E-state index contributed by atoms with van der Waals surface area (Å²) in [7, 11) is 0. The van der Waals surface area contributed by atoms with Crippen molar-refractivity contribution in [2.75, 3.05) is 36.8 Å². The molecule has 0 amide bonds. The zero-order chi connectivity index (χ0) is 28.7. The van der Waals surface area contributed by atoms with Gasteiger partial charge >= 0.3 is 0 Å². The highest BCUT2D eigenvalue weighted by Crippen LogP contribution is 2.44. The third-order valence-electron chi connectivity index (χ3n) is 7.15. The number of pyridine rings is 2. The Balaban J connectivity index is 2.08. The van der Waals surface area contributed by atoms with E-state index in [1.807, 2.05) is 32.6 Å².